The molecule has 1 N–H and O–H groups in total. The van der Waals surface area contributed by atoms with Crippen molar-refractivity contribution in [2.24, 2.45) is 0 Å². The zero-order valence-corrected chi connectivity index (χ0v) is 14.7. The lowest BCUT2D eigenvalue weighted by Gasteiger charge is -2.18. The van der Waals surface area contributed by atoms with Crippen molar-refractivity contribution in [1.29, 1.82) is 0 Å². The van der Waals surface area contributed by atoms with Gasteiger partial charge < -0.3 is 19.7 Å². The molecule has 0 spiro atoms. The molecule has 1 aliphatic rings. The summed E-state index contributed by atoms with van der Waals surface area (Å²) in [5, 5.41) is 3.18. The molecule has 132 valence electrons. The fraction of sp³-hybridized carbons (Fsp3) is 0.350. The molecule has 5 nitrogen and oxygen atoms in total. The van der Waals surface area contributed by atoms with Crippen molar-refractivity contribution in [3.8, 4) is 11.5 Å². The second-order valence-electron chi connectivity index (χ2n) is 6.15. The highest BCUT2D eigenvalue weighted by Gasteiger charge is 2.27. The fourth-order valence-corrected chi connectivity index (χ4v) is 3.21. The molecule has 0 radical (unpaired) electrons. The molecule has 1 fully saturated rings. The summed E-state index contributed by atoms with van der Waals surface area (Å²) in [6, 6.07) is 15.7. The van der Waals surface area contributed by atoms with Gasteiger partial charge in [-0.1, -0.05) is 24.3 Å². The number of hydrogen-bond donors (Lipinski definition) is 1. The zero-order chi connectivity index (χ0) is 17.6. The molecule has 2 aromatic carbocycles. The van der Waals surface area contributed by atoms with Crippen LogP contribution in [-0.4, -0.2) is 44.7 Å². The van der Waals surface area contributed by atoms with Crippen LogP contribution in [0.15, 0.2) is 48.5 Å². The number of likely N-dealkylation sites (tertiary alicyclic amines) is 1. The van der Waals surface area contributed by atoms with E-state index >= 15 is 0 Å². The minimum Gasteiger partial charge on any atom is -0.497 e. The van der Waals surface area contributed by atoms with Crippen LogP contribution >= 0.6 is 0 Å². The molecule has 5 heteroatoms. The summed E-state index contributed by atoms with van der Waals surface area (Å²) >= 11 is 0. The molecule has 2 aromatic rings. The van der Waals surface area contributed by atoms with E-state index in [0.29, 0.717) is 5.92 Å². The lowest BCUT2D eigenvalue weighted by atomic mass is 9.98. The van der Waals surface area contributed by atoms with Crippen molar-refractivity contribution in [2.75, 3.05) is 39.2 Å². The van der Waals surface area contributed by atoms with Gasteiger partial charge in [-0.05, 0) is 36.2 Å². The Morgan fingerprint density at radius 3 is 2.60 bits per heavy atom. The summed E-state index contributed by atoms with van der Waals surface area (Å²) in [5.41, 5.74) is 2.10. The number of para-hydroxylation sites is 2. The Labute approximate surface area is 148 Å². The van der Waals surface area contributed by atoms with Crippen LogP contribution in [0.1, 0.15) is 17.9 Å². The lowest BCUT2D eigenvalue weighted by Crippen LogP contribution is -2.33. The quantitative estimate of drug-likeness (QED) is 0.878. The van der Waals surface area contributed by atoms with Crippen LogP contribution in [-0.2, 0) is 4.79 Å². The molecule has 25 heavy (non-hydrogen) atoms. The molecule has 0 unspecified atom stereocenters. The van der Waals surface area contributed by atoms with Crippen molar-refractivity contribution in [3.63, 3.8) is 0 Å². The Morgan fingerprint density at radius 2 is 1.88 bits per heavy atom. The van der Waals surface area contributed by atoms with E-state index < -0.39 is 0 Å². The van der Waals surface area contributed by atoms with Gasteiger partial charge >= 0.3 is 0 Å². The number of carbonyl (C=O) groups excluding carboxylic acids is 1. The van der Waals surface area contributed by atoms with Gasteiger partial charge in [0.15, 0.2) is 0 Å². The van der Waals surface area contributed by atoms with Crippen LogP contribution in [0.2, 0.25) is 0 Å². The zero-order valence-electron chi connectivity index (χ0n) is 14.7. The number of hydrogen-bond acceptors (Lipinski definition) is 4. The Hall–Kier alpha value is -2.69. The molecule has 1 aliphatic heterocycles. The van der Waals surface area contributed by atoms with E-state index in [-0.39, 0.29) is 12.5 Å². The molecule has 0 aromatic heterocycles. The fourth-order valence-electron chi connectivity index (χ4n) is 3.21. The first-order valence-corrected chi connectivity index (χ1v) is 8.50. The summed E-state index contributed by atoms with van der Waals surface area (Å²) in [5.74, 6) is 2.10. The van der Waals surface area contributed by atoms with Crippen molar-refractivity contribution in [1.82, 2.24) is 4.90 Å². The molecule has 0 saturated carbocycles. The van der Waals surface area contributed by atoms with E-state index in [1.54, 1.807) is 14.2 Å². The molecular formula is C20H24N2O3. The summed E-state index contributed by atoms with van der Waals surface area (Å²) in [6.07, 6.45) is 0.993. The van der Waals surface area contributed by atoms with Gasteiger partial charge in [-0.2, -0.15) is 0 Å². The molecule has 1 saturated heterocycles. The second-order valence-corrected chi connectivity index (χ2v) is 6.15. The first-order valence-electron chi connectivity index (χ1n) is 8.50. The highest BCUT2D eigenvalue weighted by Crippen LogP contribution is 2.29. The maximum absolute atomic E-state index is 12.5. The molecule has 0 aliphatic carbocycles. The van der Waals surface area contributed by atoms with Crippen molar-refractivity contribution in [2.45, 2.75) is 12.3 Å². The Bertz CT molecular complexity index is 715. The van der Waals surface area contributed by atoms with Gasteiger partial charge in [0.2, 0.25) is 5.91 Å². The van der Waals surface area contributed by atoms with Gasteiger partial charge in [-0.3, -0.25) is 4.79 Å². The number of nitrogens with one attached hydrogen (secondary N) is 1. The third kappa shape index (κ3) is 4.05. The first-order chi connectivity index (χ1) is 12.2. The van der Waals surface area contributed by atoms with Crippen molar-refractivity contribution < 1.29 is 14.3 Å². The summed E-state index contributed by atoms with van der Waals surface area (Å²) in [7, 11) is 3.29. The Balaban J connectivity index is 1.55. The van der Waals surface area contributed by atoms with Crippen molar-refractivity contribution >= 4 is 11.6 Å². The maximum atomic E-state index is 12.5. The average Bonchev–Trinajstić information content (AvgIpc) is 3.16. The van der Waals surface area contributed by atoms with E-state index in [4.69, 9.17) is 9.47 Å². The number of carbonyl (C=O) groups is 1. The normalized spacial score (nSPS) is 16.6. The van der Waals surface area contributed by atoms with Crippen LogP contribution in [0.3, 0.4) is 0 Å². The number of rotatable bonds is 6. The number of amides is 1. The maximum Gasteiger partial charge on any atom is 0.241 e. The second kappa shape index (κ2) is 7.92. The minimum absolute atomic E-state index is 0.113. The number of benzene rings is 2. The topological polar surface area (TPSA) is 50.8 Å². The monoisotopic (exact) mass is 340 g/mol. The Kier molecular flexibility index (Phi) is 5.43. The first kappa shape index (κ1) is 17.1. The van der Waals surface area contributed by atoms with Crippen LogP contribution < -0.4 is 14.8 Å². The standard InChI is InChI=1S/C20H24N2O3/c1-24-17-9-7-15(8-10-17)16-11-12-22(14-16)20(23)13-21-18-5-3-4-6-19(18)25-2/h3-10,16,21H,11-14H2,1-2H3/t16-/m1/s1. The summed E-state index contributed by atoms with van der Waals surface area (Å²) in [6.45, 7) is 1.83. The number of methoxy groups -OCH3 is 2. The van der Waals surface area contributed by atoms with E-state index in [1.807, 2.05) is 41.3 Å². The molecule has 1 atom stereocenters. The molecule has 1 amide bonds. The molecule has 0 bridgehead atoms. The van der Waals surface area contributed by atoms with Gasteiger partial charge in [0, 0.05) is 19.0 Å². The third-order valence-corrected chi connectivity index (χ3v) is 4.67. The van der Waals surface area contributed by atoms with Crippen LogP contribution in [0.5, 0.6) is 11.5 Å². The minimum atomic E-state index is 0.113. The smallest absolute Gasteiger partial charge is 0.241 e. The highest BCUT2D eigenvalue weighted by atomic mass is 16.5. The van der Waals surface area contributed by atoms with Gasteiger partial charge in [-0.25, -0.2) is 0 Å². The van der Waals surface area contributed by atoms with E-state index in [9.17, 15) is 4.79 Å². The van der Waals surface area contributed by atoms with Gasteiger partial charge in [0.25, 0.3) is 0 Å². The van der Waals surface area contributed by atoms with Crippen LogP contribution in [0.25, 0.3) is 0 Å². The van der Waals surface area contributed by atoms with E-state index in [1.165, 1.54) is 5.56 Å². The highest BCUT2D eigenvalue weighted by molar-refractivity contribution is 5.81. The third-order valence-electron chi connectivity index (χ3n) is 4.67. The SMILES string of the molecule is COc1ccc([C@@H]2CCN(C(=O)CNc3ccccc3OC)C2)cc1. The summed E-state index contributed by atoms with van der Waals surface area (Å²) < 4.78 is 10.5. The van der Waals surface area contributed by atoms with Gasteiger partial charge in [-0.15, -0.1) is 0 Å². The Morgan fingerprint density at radius 1 is 1.12 bits per heavy atom. The van der Waals surface area contributed by atoms with Gasteiger partial charge in [0.05, 0.1) is 26.5 Å². The number of anilines is 1. The number of nitrogens with zero attached hydrogens (tertiary/aromatic N) is 1. The van der Waals surface area contributed by atoms with Crippen LogP contribution in [0.4, 0.5) is 5.69 Å². The van der Waals surface area contributed by atoms with Gasteiger partial charge in [0.1, 0.15) is 11.5 Å². The van der Waals surface area contributed by atoms with Crippen LogP contribution in [0, 0.1) is 0 Å². The van der Waals surface area contributed by atoms with E-state index in [2.05, 4.69) is 17.4 Å². The lowest BCUT2D eigenvalue weighted by molar-refractivity contribution is -0.128. The predicted octanol–water partition coefficient (Wildman–Crippen LogP) is 3.13. The largest absolute Gasteiger partial charge is 0.497 e. The van der Waals surface area contributed by atoms with Crippen molar-refractivity contribution in [3.05, 3.63) is 54.1 Å². The average molecular weight is 340 g/mol. The number of ether oxygens (including phenoxy) is 2. The van der Waals surface area contributed by atoms with E-state index in [0.717, 1.165) is 36.7 Å². The predicted molar refractivity (Wildman–Crippen MR) is 98.4 cm³/mol. The molecule has 1 heterocycles. The molecule has 3 rings (SSSR count). The molecular weight excluding hydrogens is 316 g/mol. The summed E-state index contributed by atoms with van der Waals surface area (Å²) in [4.78, 5) is 14.4.